The number of carbonyl (C=O) groups excluding carboxylic acids is 1. The molecule has 0 heterocycles. The van der Waals surface area contributed by atoms with Gasteiger partial charge in [0, 0.05) is 17.9 Å². The summed E-state index contributed by atoms with van der Waals surface area (Å²) in [5.74, 6) is -1.45. The standard InChI is InChI=1S/C17H24N2O2.C4H4O4/c1-12-2-8-15(9-3-12)18-10-16(20)11-21-19-17(13-4-5-13)14-6-7-14;5-3(6)1-2-4(7)8/h2-3,8-9,13-14,16,18,20H,4-7,10-11H2,1H3;1-2H,(H,5,6)(H,7,8)/b;2-1-/t16-;/m1./s1. The van der Waals surface area contributed by atoms with Crippen molar-refractivity contribution in [3.8, 4) is 0 Å². The SMILES string of the molecule is Cc1ccc([NH2+]C[C@@H](O)CON=C(C2CC2)C2CC2)cc1.O=C([O-])/C=C\C(=O)O. The number of benzene rings is 1. The predicted molar refractivity (Wildman–Crippen MR) is 104 cm³/mol. The van der Waals surface area contributed by atoms with Gasteiger partial charge >= 0.3 is 5.97 Å². The molecular formula is C21H28N2O6. The number of carbonyl (C=O) groups is 2. The van der Waals surface area contributed by atoms with Gasteiger partial charge in [-0.2, -0.15) is 0 Å². The van der Waals surface area contributed by atoms with Crippen LogP contribution in [-0.4, -0.2) is 47.1 Å². The second-order valence-corrected chi connectivity index (χ2v) is 7.36. The Bertz CT molecular complexity index is 706. The molecule has 0 spiro atoms. The van der Waals surface area contributed by atoms with E-state index in [9.17, 15) is 19.8 Å². The summed E-state index contributed by atoms with van der Waals surface area (Å²) in [5.41, 5.74) is 3.64. The maximum atomic E-state index is 9.96. The number of oxime groups is 1. The molecule has 2 aliphatic rings. The van der Waals surface area contributed by atoms with E-state index in [0.717, 1.165) is 5.69 Å². The van der Waals surface area contributed by atoms with Gasteiger partial charge < -0.3 is 30.3 Å². The van der Waals surface area contributed by atoms with E-state index < -0.39 is 18.0 Å². The van der Waals surface area contributed by atoms with E-state index in [-0.39, 0.29) is 6.61 Å². The van der Waals surface area contributed by atoms with E-state index in [2.05, 4.69) is 36.3 Å². The quantitative estimate of drug-likeness (QED) is 0.219. The number of aliphatic carboxylic acids is 2. The summed E-state index contributed by atoms with van der Waals surface area (Å²) in [5, 5.41) is 33.5. The van der Waals surface area contributed by atoms with Crippen molar-refractivity contribution in [3.63, 3.8) is 0 Å². The van der Waals surface area contributed by atoms with E-state index in [0.29, 0.717) is 30.5 Å². The summed E-state index contributed by atoms with van der Waals surface area (Å²) in [6.45, 7) is 2.95. The molecule has 1 aromatic carbocycles. The van der Waals surface area contributed by atoms with Gasteiger partial charge in [0.25, 0.3) is 0 Å². The van der Waals surface area contributed by atoms with Gasteiger partial charge in [-0.05, 0) is 50.8 Å². The molecule has 2 aliphatic carbocycles. The number of rotatable bonds is 10. The lowest BCUT2D eigenvalue weighted by molar-refractivity contribution is -0.580. The fraction of sp³-hybridized carbons (Fsp3) is 0.476. The lowest BCUT2D eigenvalue weighted by atomic mass is 10.2. The Kier molecular flexibility index (Phi) is 8.82. The van der Waals surface area contributed by atoms with E-state index in [4.69, 9.17) is 9.94 Å². The average Bonchev–Trinajstić information content (AvgIpc) is 3.57. The number of nitrogens with two attached hydrogens (primary N) is 1. The molecule has 1 atom stereocenters. The number of hydrogen-bond acceptors (Lipinski definition) is 6. The number of carboxylic acid groups (broad SMARTS) is 2. The maximum Gasteiger partial charge on any atom is 0.328 e. The van der Waals surface area contributed by atoms with Crippen molar-refractivity contribution in [3.05, 3.63) is 42.0 Å². The first kappa shape index (κ1) is 22.6. The molecule has 8 heteroatoms. The third-order valence-corrected chi connectivity index (χ3v) is 4.49. The minimum Gasteiger partial charge on any atom is -0.545 e. The van der Waals surface area contributed by atoms with Crippen LogP contribution in [0.25, 0.3) is 0 Å². The summed E-state index contributed by atoms with van der Waals surface area (Å²) in [6, 6.07) is 8.30. The smallest absolute Gasteiger partial charge is 0.328 e. The van der Waals surface area contributed by atoms with Crippen molar-refractivity contribution >= 4 is 23.3 Å². The Balaban J connectivity index is 0.000000321. The zero-order valence-corrected chi connectivity index (χ0v) is 16.5. The molecule has 1 aromatic rings. The van der Waals surface area contributed by atoms with Gasteiger partial charge in [0.2, 0.25) is 0 Å². The van der Waals surface area contributed by atoms with Crippen LogP contribution in [0.5, 0.6) is 0 Å². The first-order valence-electron chi connectivity index (χ1n) is 9.74. The van der Waals surface area contributed by atoms with Crippen molar-refractivity contribution in [1.29, 1.82) is 0 Å². The molecule has 0 saturated heterocycles. The molecule has 29 heavy (non-hydrogen) atoms. The molecule has 8 nitrogen and oxygen atoms in total. The normalized spacial score (nSPS) is 16.5. The molecule has 0 aliphatic heterocycles. The topological polar surface area (TPSA) is 136 Å². The molecule has 3 rings (SSSR count). The highest BCUT2D eigenvalue weighted by Gasteiger charge is 2.38. The summed E-state index contributed by atoms with van der Waals surface area (Å²) in [6.07, 6.45) is 5.52. The molecular weight excluding hydrogens is 376 g/mol. The van der Waals surface area contributed by atoms with E-state index in [1.807, 2.05) is 5.32 Å². The zero-order valence-electron chi connectivity index (χ0n) is 16.5. The Hall–Kier alpha value is -2.71. The van der Waals surface area contributed by atoms with E-state index >= 15 is 0 Å². The molecule has 0 unspecified atom stereocenters. The number of aliphatic hydroxyl groups is 1. The van der Waals surface area contributed by atoms with Gasteiger partial charge in [-0.3, -0.25) is 0 Å². The van der Waals surface area contributed by atoms with Gasteiger partial charge in [0.15, 0.2) is 0 Å². The third-order valence-electron chi connectivity index (χ3n) is 4.49. The van der Waals surface area contributed by atoms with Crippen molar-refractivity contribution in [2.45, 2.75) is 38.7 Å². The summed E-state index contributed by atoms with van der Waals surface area (Å²) >= 11 is 0. The van der Waals surface area contributed by atoms with Crippen LogP contribution in [0.15, 0.2) is 41.6 Å². The second kappa shape index (κ2) is 11.3. The molecule has 0 radical (unpaired) electrons. The third kappa shape index (κ3) is 9.87. The van der Waals surface area contributed by atoms with Crippen LogP contribution in [0.4, 0.5) is 5.69 Å². The van der Waals surface area contributed by atoms with Crippen LogP contribution in [-0.2, 0) is 14.4 Å². The number of hydrogen-bond donors (Lipinski definition) is 3. The highest BCUT2D eigenvalue weighted by Crippen LogP contribution is 2.42. The Morgan fingerprint density at radius 3 is 2.24 bits per heavy atom. The largest absolute Gasteiger partial charge is 0.545 e. The summed E-state index contributed by atoms with van der Waals surface area (Å²) in [7, 11) is 0. The first-order chi connectivity index (χ1) is 13.8. The van der Waals surface area contributed by atoms with Crippen molar-refractivity contribution in [1.82, 2.24) is 0 Å². The van der Waals surface area contributed by atoms with Crippen LogP contribution in [0, 0.1) is 18.8 Å². The second-order valence-electron chi connectivity index (χ2n) is 7.36. The van der Waals surface area contributed by atoms with E-state index in [1.54, 1.807) is 0 Å². The molecule has 158 valence electrons. The number of aliphatic hydroxyl groups excluding tert-OH is 1. The van der Waals surface area contributed by atoms with Crippen LogP contribution >= 0.6 is 0 Å². The minimum absolute atomic E-state index is 0.283. The molecule has 2 fully saturated rings. The monoisotopic (exact) mass is 404 g/mol. The van der Waals surface area contributed by atoms with Crippen molar-refractivity contribution in [2.75, 3.05) is 13.2 Å². The van der Waals surface area contributed by atoms with Crippen LogP contribution in [0.3, 0.4) is 0 Å². The Morgan fingerprint density at radius 2 is 1.79 bits per heavy atom. The molecule has 2 saturated carbocycles. The van der Waals surface area contributed by atoms with Crippen molar-refractivity contribution in [2.24, 2.45) is 17.0 Å². The lowest BCUT2D eigenvalue weighted by Crippen LogP contribution is -2.80. The molecule has 4 N–H and O–H groups in total. The van der Waals surface area contributed by atoms with Gasteiger partial charge in [-0.1, -0.05) is 22.9 Å². The Labute approximate surface area is 169 Å². The van der Waals surface area contributed by atoms with Crippen LogP contribution in [0.1, 0.15) is 31.2 Å². The summed E-state index contributed by atoms with van der Waals surface area (Å²) in [4.78, 5) is 24.4. The Morgan fingerprint density at radius 1 is 1.21 bits per heavy atom. The number of nitrogens with zero attached hydrogens (tertiary/aromatic N) is 1. The molecule has 0 amide bonds. The lowest BCUT2D eigenvalue weighted by Gasteiger charge is -2.09. The average molecular weight is 404 g/mol. The van der Waals surface area contributed by atoms with Crippen molar-refractivity contribution < 1.29 is 35.1 Å². The van der Waals surface area contributed by atoms with Crippen LogP contribution < -0.4 is 10.4 Å². The highest BCUT2D eigenvalue weighted by molar-refractivity contribution is 5.92. The predicted octanol–water partition coefficient (Wildman–Crippen LogP) is 0.121. The fourth-order valence-corrected chi connectivity index (χ4v) is 2.62. The minimum atomic E-state index is -1.51. The van der Waals surface area contributed by atoms with Gasteiger partial charge in [0.1, 0.15) is 24.9 Å². The van der Waals surface area contributed by atoms with Gasteiger partial charge in [0.05, 0.1) is 11.7 Å². The highest BCUT2D eigenvalue weighted by atomic mass is 16.6. The number of aryl methyl sites for hydroxylation is 1. The van der Waals surface area contributed by atoms with Crippen LogP contribution in [0.2, 0.25) is 0 Å². The first-order valence-corrected chi connectivity index (χ1v) is 9.74. The number of carboxylic acids is 2. The zero-order chi connectivity index (χ0) is 21.2. The van der Waals surface area contributed by atoms with Gasteiger partial charge in [-0.25, -0.2) is 4.79 Å². The molecule has 0 bridgehead atoms. The number of quaternary nitrogens is 1. The maximum absolute atomic E-state index is 9.96. The van der Waals surface area contributed by atoms with E-state index in [1.165, 1.54) is 37.0 Å². The fourth-order valence-electron chi connectivity index (χ4n) is 2.62. The summed E-state index contributed by atoms with van der Waals surface area (Å²) < 4.78 is 0. The molecule has 0 aromatic heterocycles. The van der Waals surface area contributed by atoms with Gasteiger partial charge in [-0.15, -0.1) is 0 Å².